The smallest absolute Gasteiger partial charge is 0.550 e. The van der Waals surface area contributed by atoms with Gasteiger partial charge < -0.3 is 24.5 Å². The molecule has 15 heavy (non-hydrogen) atoms. The van der Waals surface area contributed by atoms with E-state index in [-0.39, 0.29) is 103 Å². The monoisotopic (exact) mass is 262 g/mol. The van der Waals surface area contributed by atoms with Crippen molar-refractivity contribution in [2.75, 3.05) is 0 Å². The van der Waals surface area contributed by atoms with Crippen molar-refractivity contribution in [3.8, 4) is 0 Å². The fourth-order valence-corrected chi connectivity index (χ4v) is 2.28. The first-order valence-corrected chi connectivity index (χ1v) is 4.18. The average Bonchev–Trinajstić information content (AvgIpc) is 2.60. The largest absolute Gasteiger partial charge is 1.00 e. The van der Waals surface area contributed by atoms with Gasteiger partial charge in [0.25, 0.3) is 0 Å². The van der Waals surface area contributed by atoms with Crippen LogP contribution in [0.3, 0.4) is 0 Å². The molecule has 2 fully saturated rings. The van der Waals surface area contributed by atoms with Gasteiger partial charge in [-0.15, -0.1) is 0 Å². The first-order chi connectivity index (χ1) is 6.11. The number of carbonyl (C=O) groups is 2. The van der Waals surface area contributed by atoms with Crippen LogP contribution in [0.5, 0.6) is 0 Å². The van der Waals surface area contributed by atoms with Gasteiger partial charge in [0.1, 0.15) is 0 Å². The van der Waals surface area contributed by atoms with Gasteiger partial charge in [-0.05, 0) is 12.8 Å². The molecule has 0 aromatic heterocycles. The second-order valence-corrected chi connectivity index (χ2v) is 3.48. The van der Waals surface area contributed by atoms with Gasteiger partial charge in [0.15, 0.2) is 0 Å². The van der Waals surface area contributed by atoms with E-state index in [1.54, 1.807) is 0 Å². The Bertz CT molecular complexity index is 244. The Morgan fingerprint density at radius 1 is 0.933 bits per heavy atom. The predicted molar refractivity (Wildman–Crippen MR) is 34.9 cm³/mol. The molecule has 0 amide bonds. The van der Waals surface area contributed by atoms with Crippen molar-refractivity contribution in [3.63, 3.8) is 0 Å². The maximum Gasteiger partial charge on any atom is 1.00 e. The van der Waals surface area contributed by atoms with Gasteiger partial charge in [-0.25, -0.2) is 0 Å². The van der Waals surface area contributed by atoms with Crippen LogP contribution in [0.4, 0.5) is 0 Å². The Morgan fingerprint density at radius 3 is 1.53 bits per heavy atom. The molecule has 0 aromatic carbocycles. The van der Waals surface area contributed by atoms with Gasteiger partial charge in [-0.3, -0.25) is 0 Å². The number of aliphatic carboxylic acids is 2. The summed E-state index contributed by atoms with van der Waals surface area (Å²) in [6.07, 6.45) is 0.232. The minimum Gasteiger partial charge on any atom is -0.550 e. The molecule has 2 rings (SSSR count). The van der Waals surface area contributed by atoms with E-state index in [1.165, 1.54) is 0 Å². The maximum absolute atomic E-state index is 10.6. The van der Waals surface area contributed by atoms with Crippen molar-refractivity contribution in [1.29, 1.82) is 0 Å². The fourth-order valence-electron chi connectivity index (χ4n) is 2.28. The molecule has 0 saturated carbocycles. The summed E-state index contributed by atoms with van der Waals surface area (Å²) in [5, 5.41) is 21.2. The molecule has 0 aromatic rings. The van der Waals surface area contributed by atoms with Gasteiger partial charge in [0.2, 0.25) is 0 Å². The Hall–Kier alpha value is 2.17. The van der Waals surface area contributed by atoms with E-state index in [2.05, 4.69) is 0 Å². The zero-order valence-electron chi connectivity index (χ0n) is 8.76. The van der Waals surface area contributed by atoms with E-state index in [9.17, 15) is 19.8 Å². The molecular formula is C8H8K2O5. The second kappa shape index (κ2) is 6.93. The molecule has 2 aliphatic heterocycles. The van der Waals surface area contributed by atoms with Crippen molar-refractivity contribution in [2.24, 2.45) is 11.8 Å². The number of carboxylic acids is 2. The molecule has 0 spiro atoms. The second-order valence-electron chi connectivity index (χ2n) is 3.48. The fraction of sp³-hybridized carbons (Fsp3) is 0.750. The van der Waals surface area contributed by atoms with E-state index >= 15 is 0 Å². The molecule has 7 heteroatoms. The Balaban J connectivity index is 0.000000980. The Kier molecular flexibility index (Phi) is 7.94. The number of hydrogen-bond acceptors (Lipinski definition) is 5. The quantitative estimate of drug-likeness (QED) is 0.461. The molecule has 2 heterocycles. The normalized spacial score (nSPS) is 36.5. The maximum atomic E-state index is 10.6. The Morgan fingerprint density at radius 2 is 1.27 bits per heavy atom. The molecule has 2 saturated heterocycles. The first kappa shape index (κ1) is 17.2. The topological polar surface area (TPSA) is 89.5 Å². The van der Waals surface area contributed by atoms with Crippen LogP contribution in [0.1, 0.15) is 12.8 Å². The number of fused-ring (bicyclic) bond motifs is 2. The van der Waals surface area contributed by atoms with E-state index in [0.29, 0.717) is 12.8 Å². The van der Waals surface area contributed by atoms with Crippen LogP contribution < -0.4 is 113 Å². The van der Waals surface area contributed by atoms with Gasteiger partial charge >= 0.3 is 103 Å². The van der Waals surface area contributed by atoms with Crippen molar-refractivity contribution in [2.45, 2.75) is 25.0 Å². The molecule has 4 unspecified atom stereocenters. The summed E-state index contributed by atoms with van der Waals surface area (Å²) in [7, 11) is 0. The molecule has 2 aliphatic rings. The molecule has 5 nitrogen and oxygen atoms in total. The number of hydrogen-bond donors (Lipinski definition) is 0. The summed E-state index contributed by atoms with van der Waals surface area (Å²) in [6, 6.07) is 0. The first-order valence-electron chi connectivity index (χ1n) is 4.18. The van der Waals surface area contributed by atoms with Gasteiger partial charge in [0, 0.05) is 23.8 Å². The summed E-state index contributed by atoms with van der Waals surface area (Å²) in [5.74, 6) is -4.74. The van der Waals surface area contributed by atoms with Crippen LogP contribution >= 0.6 is 0 Å². The third-order valence-corrected chi connectivity index (χ3v) is 2.82. The van der Waals surface area contributed by atoms with E-state index < -0.39 is 36.0 Å². The summed E-state index contributed by atoms with van der Waals surface area (Å²) in [4.78, 5) is 21.2. The molecule has 2 bridgehead atoms. The third-order valence-electron chi connectivity index (χ3n) is 2.82. The molecule has 72 valence electrons. The predicted octanol–water partition coefficient (Wildman–Crippen LogP) is -8.71. The minimum absolute atomic E-state index is 0. The van der Waals surface area contributed by atoms with Crippen molar-refractivity contribution in [3.05, 3.63) is 0 Å². The Labute approximate surface area is 172 Å². The van der Waals surface area contributed by atoms with Crippen LogP contribution in [0.25, 0.3) is 0 Å². The minimum atomic E-state index is -1.35. The average molecular weight is 262 g/mol. The van der Waals surface area contributed by atoms with Gasteiger partial charge in [-0.1, -0.05) is 0 Å². The van der Waals surface area contributed by atoms with Crippen molar-refractivity contribution < 1.29 is 127 Å². The zero-order chi connectivity index (χ0) is 9.59. The SMILES string of the molecule is O=C([O-])C1C2CCC(O2)C1C(=O)[O-].[K+].[K+]. The molecule has 0 aliphatic carbocycles. The third kappa shape index (κ3) is 3.34. The van der Waals surface area contributed by atoms with Gasteiger partial charge in [0.05, 0.1) is 12.2 Å². The van der Waals surface area contributed by atoms with E-state index in [4.69, 9.17) is 4.74 Å². The number of carbonyl (C=O) groups excluding carboxylic acids is 2. The number of rotatable bonds is 2. The van der Waals surface area contributed by atoms with Crippen LogP contribution in [0.15, 0.2) is 0 Å². The summed E-state index contributed by atoms with van der Waals surface area (Å²) in [6.45, 7) is 0. The molecular weight excluding hydrogens is 254 g/mol. The van der Waals surface area contributed by atoms with Crippen LogP contribution in [-0.4, -0.2) is 24.1 Å². The van der Waals surface area contributed by atoms with Crippen LogP contribution in [0.2, 0.25) is 0 Å². The van der Waals surface area contributed by atoms with Crippen molar-refractivity contribution >= 4 is 11.9 Å². The molecule has 0 N–H and O–H groups in total. The summed E-state index contributed by atoms with van der Waals surface area (Å²) in [5.41, 5.74) is 0. The molecule has 4 atom stereocenters. The zero-order valence-corrected chi connectivity index (χ0v) is 15.0. The number of carboxylic acid groups (broad SMARTS) is 2. The summed E-state index contributed by atoms with van der Waals surface area (Å²) < 4.78 is 5.18. The van der Waals surface area contributed by atoms with E-state index in [1.807, 2.05) is 0 Å². The van der Waals surface area contributed by atoms with Gasteiger partial charge in [-0.2, -0.15) is 0 Å². The number of ether oxygens (including phenoxy) is 1. The standard InChI is InChI=1S/C8H10O5.2K/c9-7(10)5-3-1-2-4(13-3)6(5)8(11)12;;/h3-6H,1-2H2,(H,9,10)(H,11,12);;/q;2*+1/p-2. The van der Waals surface area contributed by atoms with Crippen LogP contribution in [0, 0.1) is 11.8 Å². The van der Waals surface area contributed by atoms with Crippen LogP contribution in [-0.2, 0) is 14.3 Å². The summed E-state index contributed by atoms with van der Waals surface area (Å²) >= 11 is 0. The molecule has 0 radical (unpaired) electrons. The van der Waals surface area contributed by atoms with Crippen molar-refractivity contribution in [1.82, 2.24) is 0 Å². The van der Waals surface area contributed by atoms with E-state index in [0.717, 1.165) is 0 Å².